The molecule has 0 bridgehead atoms. The lowest BCUT2D eigenvalue weighted by Crippen LogP contribution is -2.24. The highest BCUT2D eigenvalue weighted by Gasteiger charge is 2.30. The van der Waals surface area contributed by atoms with Crippen LogP contribution < -0.4 is 5.32 Å². The zero-order valence-electron chi connectivity index (χ0n) is 11.4. The van der Waals surface area contributed by atoms with Crippen LogP contribution in [-0.2, 0) is 10.9 Å². The van der Waals surface area contributed by atoms with Crippen LogP contribution in [0, 0.1) is 0 Å². The molecule has 19 heavy (non-hydrogen) atoms. The van der Waals surface area contributed by atoms with Gasteiger partial charge in [0.15, 0.2) is 0 Å². The number of benzene rings is 1. The molecule has 0 heterocycles. The summed E-state index contributed by atoms with van der Waals surface area (Å²) in [7, 11) is 0. The molecule has 1 N–H and O–H groups in total. The Balaban J connectivity index is 2.55. The van der Waals surface area contributed by atoms with Crippen LogP contribution in [0.1, 0.15) is 37.9 Å². The highest BCUT2D eigenvalue weighted by molar-refractivity contribution is 5.27. The van der Waals surface area contributed by atoms with Gasteiger partial charge in [0.2, 0.25) is 0 Å². The lowest BCUT2D eigenvalue weighted by Gasteiger charge is -2.16. The Kier molecular flexibility index (Phi) is 5.82. The molecule has 0 aliphatic carbocycles. The van der Waals surface area contributed by atoms with Gasteiger partial charge >= 0.3 is 6.18 Å². The van der Waals surface area contributed by atoms with Gasteiger partial charge in [-0.15, -0.1) is 0 Å². The van der Waals surface area contributed by atoms with E-state index in [1.807, 2.05) is 20.8 Å². The molecule has 1 unspecified atom stereocenters. The number of alkyl halides is 3. The molecule has 1 rings (SSSR count). The fraction of sp³-hybridized carbons (Fsp3) is 0.571. The van der Waals surface area contributed by atoms with Gasteiger partial charge in [0.1, 0.15) is 0 Å². The largest absolute Gasteiger partial charge is 0.416 e. The van der Waals surface area contributed by atoms with Gasteiger partial charge in [0.05, 0.1) is 18.3 Å². The van der Waals surface area contributed by atoms with Crippen molar-refractivity contribution < 1.29 is 17.9 Å². The Morgan fingerprint density at radius 2 is 1.89 bits per heavy atom. The third-order valence-corrected chi connectivity index (χ3v) is 2.72. The summed E-state index contributed by atoms with van der Waals surface area (Å²) in [6.07, 6.45) is -4.14. The predicted octanol–water partition coefficient (Wildman–Crippen LogP) is 3.78. The number of ether oxygens (including phenoxy) is 1. The molecular weight excluding hydrogens is 255 g/mol. The van der Waals surface area contributed by atoms with E-state index in [1.165, 1.54) is 12.1 Å². The molecule has 0 radical (unpaired) electrons. The summed E-state index contributed by atoms with van der Waals surface area (Å²) in [5, 5.41) is 3.14. The molecule has 0 aliphatic heterocycles. The lowest BCUT2D eigenvalue weighted by atomic mass is 10.0. The first-order chi connectivity index (χ1) is 8.80. The van der Waals surface area contributed by atoms with Crippen LogP contribution in [0.4, 0.5) is 13.2 Å². The Morgan fingerprint density at radius 3 is 2.47 bits per heavy atom. The van der Waals surface area contributed by atoms with Crippen molar-refractivity contribution in [3.8, 4) is 0 Å². The van der Waals surface area contributed by atoms with E-state index in [0.29, 0.717) is 18.7 Å². The Labute approximate surface area is 112 Å². The van der Waals surface area contributed by atoms with E-state index in [4.69, 9.17) is 4.74 Å². The Hall–Kier alpha value is -1.07. The van der Waals surface area contributed by atoms with Gasteiger partial charge in [0.25, 0.3) is 0 Å². The molecule has 108 valence electrons. The van der Waals surface area contributed by atoms with Gasteiger partial charge in [-0.05, 0) is 38.5 Å². The van der Waals surface area contributed by atoms with Crippen LogP contribution in [0.3, 0.4) is 0 Å². The molecule has 0 spiro atoms. The molecule has 0 amide bonds. The molecule has 0 aromatic heterocycles. The first kappa shape index (κ1) is 16.0. The molecule has 0 fully saturated rings. The molecule has 0 aliphatic rings. The zero-order chi connectivity index (χ0) is 14.5. The van der Waals surface area contributed by atoms with Gasteiger partial charge in [-0.3, -0.25) is 0 Å². The standard InChI is InChI=1S/C14H20F3NO/c1-10(2)19-8-7-18-11(3)12-5-4-6-13(9-12)14(15,16)17/h4-6,9-11,18H,7-8H2,1-3H3. The van der Waals surface area contributed by atoms with Crippen molar-refractivity contribution in [2.45, 2.75) is 39.1 Å². The third-order valence-electron chi connectivity index (χ3n) is 2.72. The molecular formula is C14H20F3NO. The quantitative estimate of drug-likeness (QED) is 0.798. The van der Waals surface area contributed by atoms with Crippen molar-refractivity contribution in [2.24, 2.45) is 0 Å². The fourth-order valence-corrected chi connectivity index (χ4v) is 1.67. The number of hydrogen-bond acceptors (Lipinski definition) is 2. The summed E-state index contributed by atoms with van der Waals surface area (Å²) in [5.41, 5.74) is 0.0106. The minimum Gasteiger partial charge on any atom is -0.377 e. The summed E-state index contributed by atoms with van der Waals surface area (Å²) < 4.78 is 43.1. The van der Waals surface area contributed by atoms with E-state index >= 15 is 0 Å². The molecule has 0 saturated heterocycles. The summed E-state index contributed by atoms with van der Waals surface area (Å²) in [6, 6.07) is 5.24. The van der Waals surface area contributed by atoms with Crippen LogP contribution in [0.15, 0.2) is 24.3 Å². The van der Waals surface area contributed by atoms with Crippen molar-refractivity contribution in [2.75, 3.05) is 13.2 Å². The average Bonchev–Trinajstić information content (AvgIpc) is 2.33. The van der Waals surface area contributed by atoms with E-state index in [9.17, 15) is 13.2 Å². The Bertz CT molecular complexity index is 391. The highest BCUT2D eigenvalue weighted by Crippen LogP contribution is 2.30. The predicted molar refractivity (Wildman–Crippen MR) is 68.9 cm³/mol. The second-order valence-electron chi connectivity index (χ2n) is 4.72. The normalized spacial score (nSPS) is 13.8. The zero-order valence-corrected chi connectivity index (χ0v) is 11.4. The van der Waals surface area contributed by atoms with Crippen LogP contribution in [0.2, 0.25) is 0 Å². The molecule has 2 nitrogen and oxygen atoms in total. The molecule has 1 aromatic carbocycles. The lowest BCUT2D eigenvalue weighted by molar-refractivity contribution is -0.137. The maximum Gasteiger partial charge on any atom is 0.416 e. The van der Waals surface area contributed by atoms with E-state index in [2.05, 4.69) is 5.32 Å². The van der Waals surface area contributed by atoms with Crippen molar-refractivity contribution in [1.82, 2.24) is 5.32 Å². The van der Waals surface area contributed by atoms with Crippen LogP contribution >= 0.6 is 0 Å². The second kappa shape index (κ2) is 6.91. The van der Waals surface area contributed by atoms with Gasteiger partial charge in [-0.25, -0.2) is 0 Å². The van der Waals surface area contributed by atoms with Gasteiger partial charge in [0, 0.05) is 12.6 Å². The van der Waals surface area contributed by atoms with Crippen LogP contribution in [-0.4, -0.2) is 19.3 Å². The number of hydrogen-bond donors (Lipinski definition) is 1. The van der Waals surface area contributed by atoms with E-state index in [-0.39, 0.29) is 12.1 Å². The summed E-state index contributed by atoms with van der Waals surface area (Å²) in [4.78, 5) is 0. The van der Waals surface area contributed by atoms with Crippen molar-refractivity contribution in [3.05, 3.63) is 35.4 Å². The minimum atomic E-state index is -4.30. The third kappa shape index (κ3) is 5.61. The van der Waals surface area contributed by atoms with Gasteiger partial charge in [-0.1, -0.05) is 12.1 Å². The van der Waals surface area contributed by atoms with Crippen molar-refractivity contribution in [1.29, 1.82) is 0 Å². The average molecular weight is 275 g/mol. The molecule has 1 atom stereocenters. The first-order valence-corrected chi connectivity index (χ1v) is 6.33. The molecule has 1 aromatic rings. The maximum atomic E-state index is 12.6. The smallest absolute Gasteiger partial charge is 0.377 e. The van der Waals surface area contributed by atoms with Gasteiger partial charge in [-0.2, -0.15) is 13.2 Å². The maximum absolute atomic E-state index is 12.6. The summed E-state index contributed by atoms with van der Waals surface area (Å²) in [6.45, 7) is 6.87. The fourth-order valence-electron chi connectivity index (χ4n) is 1.67. The van der Waals surface area contributed by atoms with Gasteiger partial charge < -0.3 is 10.1 Å². The van der Waals surface area contributed by atoms with Crippen molar-refractivity contribution in [3.63, 3.8) is 0 Å². The number of rotatable bonds is 6. The Morgan fingerprint density at radius 1 is 1.21 bits per heavy atom. The topological polar surface area (TPSA) is 21.3 Å². The monoisotopic (exact) mass is 275 g/mol. The van der Waals surface area contributed by atoms with Crippen molar-refractivity contribution >= 4 is 0 Å². The van der Waals surface area contributed by atoms with Crippen LogP contribution in [0.5, 0.6) is 0 Å². The minimum absolute atomic E-state index is 0.141. The highest BCUT2D eigenvalue weighted by atomic mass is 19.4. The first-order valence-electron chi connectivity index (χ1n) is 6.33. The second-order valence-corrected chi connectivity index (χ2v) is 4.72. The van der Waals surface area contributed by atoms with Crippen LogP contribution in [0.25, 0.3) is 0 Å². The molecule has 5 heteroatoms. The summed E-state index contributed by atoms with van der Waals surface area (Å²) in [5.74, 6) is 0. The van der Waals surface area contributed by atoms with E-state index < -0.39 is 11.7 Å². The SMILES string of the molecule is CC(C)OCCNC(C)c1cccc(C(F)(F)F)c1. The summed E-state index contributed by atoms with van der Waals surface area (Å²) >= 11 is 0. The van der Waals surface area contributed by atoms with E-state index in [1.54, 1.807) is 6.07 Å². The number of halogens is 3. The number of nitrogens with one attached hydrogen (secondary N) is 1. The van der Waals surface area contributed by atoms with E-state index in [0.717, 1.165) is 6.07 Å². The molecule has 0 saturated carbocycles.